The monoisotopic (exact) mass is 318 g/mol. The van der Waals surface area contributed by atoms with Crippen LogP contribution >= 0.6 is 11.3 Å². The quantitative estimate of drug-likeness (QED) is 0.904. The number of nitrogens with one attached hydrogen (secondary N) is 1. The Morgan fingerprint density at radius 2 is 2.36 bits per heavy atom. The van der Waals surface area contributed by atoms with Crippen LogP contribution in [0.3, 0.4) is 0 Å². The summed E-state index contributed by atoms with van der Waals surface area (Å²) in [6.07, 6.45) is 4.60. The fourth-order valence-corrected chi connectivity index (χ4v) is 3.28. The summed E-state index contributed by atoms with van der Waals surface area (Å²) in [5.74, 6) is 1.32. The van der Waals surface area contributed by atoms with Crippen LogP contribution in [0.5, 0.6) is 5.88 Å². The topological polar surface area (TPSA) is 67.4 Å². The van der Waals surface area contributed by atoms with Gasteiger partial charge in [0.15, 0.2) is 5.82 Å². The highest BCUT2D eigenvalue weighted by atomic mass is 32.1. The van der Waals surface area contributed by atoms with Crippen LogP contribution in [-0.4, -0.2) is 42.1 Å². The molecule has 0 aliphatic carbocycles. The molecule has 2 aromatic heterocycles. The summed E-state index contributed by atoms with van der Waals surface area (Å²) >= 11 is 1.61. The highest BCUT2D eigenvalue weighted by molar-refractivity contribution is 7.07. The minimum Gasteiger partial charge on any atom is -0.478 e. The molecular weight excluding hydrogens is 300 g/mol. The first-order chi connectivity index (χ1) is 10.8. The minimum absolute atomic E-state index is 0.0661. The maximum atomic E-state index is 12.1. The largest absolute Gasteiger partial charge is 0.478 e. The zero-order chi connectivity index (χ0) is 15.4. The van der Waals surface area contributed by atoms with Crippen molar-refractivity contribution in [1.82, 2.24) is 15.3 Å². The first kappa shape index (κ1) is 14.8. The van der Waals surface area contributed by atoms with Crippen LogP contribution in [0.1, 0.15) is 12.0 Å². The average Bonchev–Trinajstić information content (AvgIpc) is 3.19. The van der Waals surface area contributed by atoms with E-state index in [1.165, 1.54) is 0 Å². The van der Waals surface area contributed by atoms with Gasteiger partial charge in [-0.2, -0.15) is 11.3 Å². The lowest BCUT2D eigenvalue weighted by molar-refractivity contribution is -0.121. The van der Waals surface area contributed by atoms with Crippen LogP contribution in [0.15, 0.2) is 29.2 Å². The lowest BCUT2D eigenvalue weighted by atomic mass is 10.2. The molecule has 0 unspecified atom stereocenters. The zero-order valence-corrected chi connectivity index (χ0v) is 13.2. The molecule has 2 aromatic rings. The number of hydrogen-bond donors (Lipinski definition) is 1. The van der Waals surface area contributed by atoms with Crippen molar-refractivity contribution in [3.8, 4) is 5.88 Å². The van der Waals surface area contributed by atoms with Gasteiger partial charge in [-0.25, -0.2) is 9.97 Å². The average molecular weight is 318 g/mol. The number of aromatic nitrogens is 2. The normalized spacial score (nSPS) is 17.5. The molecule has 1 atom stereocenters. The molecule has 1 saturated heterocycles. The molecule has 1 N–H and O–H groups in total. The van der Waals surface area contributed by atoms with Crippen molar-refractivity contribution in [2.24, 2.45) is 0 Å². The van der Waals surface area contributed by atoms with E-state index in [4.69, 9.17) is 4.74 Å². The SMILES string of the molecule is COc1nccnc1N1CC[C@H](NC(=O)Cc2ccsc2)C1. The van der Waals surface area contributed by atoms with E-state index in [0.717, 1.165) is 30.9 Å². The molecule has 22 heavy (non-hydrogen) atoms. The summed E-state index contributed by atoms with van der Waals surface area (Å²) in [4.78, 5) is 22.7. The molecule has 1 aliphatic heterocycles. The Bertz CT molecular complexity index is 632. The number of nitrogens with zero attached hydrogens (tertiary/aromatic N) is 3. The van der Waals surface area contributed by atoms with Gasteiger partial charge in [-0.15, -0.1) is 0 Å². The molecule has 0 spiro atoms. The predicted octanol–water partition coefficient (Wildman–Crippen LogP) is 1.48. The molecule has 0 aromatic carbocycles. The molecule has 7 heteroatoms. The number of amides is 1. The van der Waals surface area contributed by atoms with Gasteiger partial charge < -0.3 is 15.0 Å². The highest BCUT2D eigenvalue weighted by Crippen LogP contribution is 2.25. The minimum atomic E-state index is 0.0661. The molecule has 116 valence electrons. The lowest BCUT2D eigenvalue weighted by Gasteiger charge is -2.19. The summed E-state index contributed by atoms with van der Waals surface area (Å²) in [6, 6.07) is 2.12. The molecule has 6 nitrogen and oxygen atoms in total. The van der Waals surface area contributed by atoms with Gasteiger partial charge in [-0.05, 0) is 28.8 Å². The molecule has 0 radical (unpaired) electrons. The number of thiophene rings is 1. The van der Waals surface area contributed by atoms with E-state index in [0.29, 0.717) is 12.3 Å². The van der Waals surface area contributed by atoms with Crippen molar-refractivity contribution in [1.29, 1.82) is 0 Å². The second-order valence-corrected chi connectivity index (χ2v) is 5.98. The molecule has 1 aliphatic rings. The summed E-state index contributed by atoms with van der Waals surface area (Å²) < 4.78 is 5.24. The van der Waals surface area contributed by atoms with E-state index in [9.17, 15) is 4.79 Å². The first-order valence-electron chi connectivity index (χ1n) is 7.16. The third kappa shape index (κ3) is 3.36. The van der Waals surface area contributed by atoms with Crippen molar-refractivity contribution < 1.29 is 9.53 Å². The van der Waals surface area contributed by atoms with Gasteiger partial charge >= 0.3 is 0 Å². The second-order valence-electron chi connectivity index (χ2n) is 5.20. The number of ether oxygens (including phenoxy) is 1. The van der Waals surface area contributed by atoms with Crippen LogP contribution in [0.4, 0.5) is 5.82 Å². The van der Waals surface area contributed by atoms with Crippen molar-refractivity contribution in [3.05, 3.63) is 34.8 Å². The summed E-state index contributed by atoms with van der Waals surface area (Å²) in [5.41, 5.74) is 1.06. The summed E-state index contributed by atoms with van der Waals surface area (Å²) in [7, 11) is 1.59. The van der Waals surface area contributed by atoms with Gasteiger partial charge in [0.25, 0.3) is 5.88 Å². The Kier molecular flexibility index (Phi) is 4.53. The van der Waals surface area contributed by atoms with E-state index < -0.39 is 0 Å². The zero-order valence-electron chi connectivity index (χ0n) is 12.4. The number of anilines is 1. The molecule has 0 saturated carbocycles. The third-order valence-corrected chi connectivity index (χ3v) is 4.37. The number of carbonyl (C=O) groups excluding carboxylic acids is 1. The third-order valence-electron chi connectivity index (χ3n) is 3.64. The second kappa shape index (κ2) is 6.74. The fraction of sp³-hybridized carbons (Fsp3) is 0.400. The molecular formula is C15H18N4O2S. The molecule has 3 heterocycles. The number of hydrogen-bond acceptors (Lipinski definition) is 6. The highest BCUT2D eigenvalue weighted by Gasteiger charge is 2.27. The van der Waals surface area contributed by atoms with E-state index in [-0.39, 0.29) is 11.9 Å². The number of methoxy groups -OCH3 is 1. The van der Waals surface area contributed by atoms with Crippen LogP contribution in [-0.2, 0) is 11.2 Å². The fourth-order valence-electron chi connectivity index (χ4n) is 2.61. The smallest absolute Gasteiger partial charge is 0.257 e. The van der Waals surface area contributed by atoms with Crippen molar-refractivity contribution >= 4 is 23.1 Å². The lowest BCUT2D eigenvalue weighted by Crippen LogP contribution is -2.38. The maximum absolute atomic E-state index is 12.1. The van der Waals surface area contributed by atoms with Crippen LogP contribution < -0.4 is 15.0 Å². The van der Waals surface area contributed by atoms with Crippen LogP contribution in [0.2, 0.25) is 0 Å². The van der Waals surface area contributed by atoms with Gasteiger partial charge in [0.05, 0.1) is 13.5 Å². The Morgan fingerprint density at radius 1 is 1.50 bits per heavy atom. The Morgan fingerprint density at radius 3 is 3.14 bits per heavy atom. The van der Waals surface area contributed by atoms with Crippen LogP contribution in [0, 0.1) is 0 Å². The maximum Gasteiger partial charge on any atom is 0.257 e. The number of rotatable bonds is 5. The van der Waals surface area contributed by atoms with Crippen molar-refractivity contribution in [3.63, 3.8) is 0 Å². The van der Waals surface area contributed by atoms with Gasteiger partial charge in [0, 0.05) is 31.5 Å². The Hall–Kier alpha value is -2.15. The Labute approximate surface area is 133 Å². The molecule has 1 amide bonds. The number of carbonyl (C=O) groups is 1. The molecule has 0 bridgehead atoms. The van der Waals surface area contributed by atoms with Crippen molar-refractivity contribution in [2.45, 2.75) is 18.9 Å². The van der Waals surface area contributed by atoms with Gasteiger partial charge in [0.2, 0.25) is 5.91 Å². The van der Waals surface area contributed by atoms with Gasteiger partial charge in [-0.3, -0.25) is 4.79 Å². The summed E-state index contributed by atoms with van der Waals surface area (Å²) in [6.45, 7) is 1.56. The van der Waals surface area contributed by atoms with E-state index >= 15 is 0 Å². The van der Waals surface area contributed by atoms with Crippen molar-refractivity contribution in [2.75, 3.05) is 25.1 Å². The molecule has 3 rings (SSSR count). The Balaban J connectivity index is 1.57. The van der Waals surface area contributed by atoms with Gasteiger partial charge in [0.1, 0.15) is 0 Å². The van der Waals surface area contributed by atoms with Crippen LogP contribution in [0.25, 0.3) is 0 Å². The van der Waals surface area contributed by atoms with E-state index in [1.54, 1.807) is 30.8 Å². The molecule has 1 fully saturated rings. The van der Waals surface area contributed by atoms with Gasteiger partial charge in [-0.1, -0.05) is 0 Å². The standard InChI is InChI=1S/C15H18N4O2S/c1-21-15-14(16-4-5-17-15)19-6-2-12(9-19)18-13(20)8-11-3-7-22-10-11/h3-5,7,10,12H,2,6,8-9H2,1H3,(H,18,20)/t12-/m0/s1. The summed E-state index contributed by atoms with van der Waals surface area (Å²) in [5, 5.41) is 7.08. The predicted molar refractivity (Wildman–Crippen MR) is 85.4 cm³/mol. The van der Waals surface area contributed by atoms with E-state index in [1.807, 2.05) is 16.8 Å². The first-order valence-corrected chi connectivity index (χ1v) is 8.11. The van der Waals surface area contributed by atoms with E-state index in [2.05, 4.69) is 20.2 Å².